The molecule has 1 radical (unpaired) electrons. The second-order valence-electron chi connectivity index (χ2n) is 7.80. The van der Waals surface area contributed by atoms with Crippen molar-refractivity contribution in [2.75, 3.05) is 14.2 Å². The second kappa shape index (κ2) is 9.59. The van der Waals surface area contributed by atoms with Gasteiger partial charge in [0, 0.05) is 58.5 Å². The molecule has 2 fully saturated rings. The molecule has 11 heteroatoms. The first-order valence-corrected chi connectivity index (χ1v) is 9.47. The van der Waals surface area contributed by atoms with Crippen molar-refractivity contribution in [3.63, 3.8) is 0 Å². The van der Waals surface area contributed by atoms with Crippen molar-refractivity contribution < 1.29 is 50.6 Å². The van der Waals surface area contributed by atoms with Gasteiger partial charge in [-0.1, -0.05) is 19.2 Å². The Labute approximate surface area is 199 Å². The summed E-state index contributed by atoms with van der Waals surface area (Å²) in [5, 5.41) is 1.96. The molecule has 7 nitrogen and oxygen atoms in total. The molecule has 3 rings (SSSR count). The molecule has 2 saturated heterocycles. The maximum Gasteiger partial charge on any atom is 0.416 e. The van der Waals surface area contributed by atoms with Crippen LogP contribution in [0.4, 0.5) is 19.0 Å². The van der Waals surface area contributed by atoms with Crippen LogP contribution in [0.1, 0.15) is 44.2 Å². The average molecular weight is 500 g/mol. The van der Waals surface area contributed by atoms with Gasteiger partial charge in [-0.05, 0) is 37.9 Å². The van der Waals surface area contributed by atoms with Crippen molar-refractivity contribution >= 4 is 18.0 Å². The molecule has 0 aromatic carbocycles. The van der Waals surface area contributed by atoms with E-state index in [1.54, 1.807) is 7.11 Å². The van der Waals surface area contributed by atoms with Crippen LogP contribution in [-0.2, 0) is 43.6 Å². The zero-order chi connectivity index (χ0) is 21.4. The maximum atomic E-state index is 13.4. The molecule has 4 atom stereocenters. The number of methoxy groups -OCH3 is 1. The van der Waals surface area contributed by atoms with Crippen molar-refractivity contribution in [2.45, 2.75) is 57.0 Å². The van der Waals surface area contributed by atoms with Gasteiger partial charge in [0.15, 0.2) is 0 Å². The number of piperidine rings is 1. The number of fused-ring (bicyclic) bond motifs is 2. The topological polar surface area (TPSA) is 90.2 Å². The number of pyridine rings is 1. The van der Waals surface area contributed by atoms with Crippen LogP contribution < -0.4 is 5.73 Å². The molecule has 0 saturated carbocycles. The van der Waals surface area contributed by atoms with Gasteiger partial charge in [0.25, 0.3) is 0 Å². The van der Waals surface area contributed by atoms with Gasteiger partial charge >= 0.3 is 6.18 Å². The first kappa shape index (κ1) is 25.2. The zero-order valence-corrected chi connectivity index (χ0v) is 20.4. The minimum atomic E-state index is -4.61. The molecule has 2 bridgehead atoms. The van der Waals surface area contributed by atoms with Crippen molar-refractivity contribution in [3.05, 3.63) is 28.8 Å². The molecule has 2 aliphatic rings. The predicted molar refractivity (Wildman–Crippen MR) is 105 cm³/mol. The average Bonchev–Trinajstić information content (AvgIpc) is 2.68. The molecule has 0 spiro atoms. The van der Waals surface area contributed by atoms with Gasteiger partial charge in [0.1, 0.15) is 12.2 Å². The normalized spacial score (nSPS) is 28.0. The number of alkyl halides is 3. The van der Waals surface area contributed by atoms with E-state index in [1.165, 1.54) is 13.1 Å². The monoisotopic (exact) mass is 500 g/mol. The minimum Gasteiger partial charge on any atom is -0.441 e. The van der Waals surface area contributed by atoms with E-state index >= 15 is 0 Å². The van der Waals surface area contributed by atoms with E-state index in [2.05, 4.69) is 27.3 Å². The summed E-state index contributed by atoms with van der Waals surface area (Å²) in [5.74, 6) is 0.399. The first-order valence-electron chi connectivity index (χ1n) is 9.47. The smallest absolute Gasteiger partial charge is 0.416 e. The number of aliphatic imine (C=N–C) groups is 2. The van der Waals surface area contributed by atoms with Crippen LogP contribution in [-0.4, -0.2) is 54.0 Å². The SMILES string of the molecule is CN=CN=C(N)c1cc([N-]N2[C@@H]3C[C@@H](C)C[C@@]2(C(C)OC)C3)ncc1C(F)(F)F.[Y]. The van der Waals surface area contributed by atoms with Crippen molar-refractivity contribution in [3.8, 4) is 0 Å². The van der Waals surface area contributed by atoms with Gasteiger partial charge in [-0.2, -0.15) is 13.2 Å². The molecule has 1 aromatic rings. The fourth-order valence-electron chi connectivity index (χ4n) is 4.51. The van der Waals surface area contributed by atoms with E-state index in [-0.39, 0.29) is 67.6 Å². The van der Waals surface area contributed by atoms with Crippen LogP contribution in [0.25, 0.3) is 5.43 Å². The Balaban J connectivity index is 0.00000320. The van der Waals surface area contributed by atoms with Crippen LogP contribution >= 0.6 is 0 Å². The zero-order valence-electron chi connectivity index (χ0n) is 17.5. The Kier molecular flexibility index (Phi) is 8.04. The number of ether oxygens (including phenoxy) is 1. The van der Waals surface area contributed by atoms with Gasteiger partial charge in [-0.3, -0.25) is 10.0 Å². The molecule has 2 N–H and O–H groups in total. The molecule has 30 heavy (non-hydrogen) atoms. The maximum absolute atomic E-state index is 13.4. The molecule has 3 heterocycles. The third-order valence-corrected chi connectivity index (χ3v) is 5.87. The molecule has 1 unspecified atom stereocenters. The summed E-state index contributed by atoms with van der Waals surface area (Å²) in [7, 11) is 3.11. The minimum absolute atomic E-state index is 0. The van der Waals surface area contributed by atoms with E-state index in [1.807, 2.05) is 11.9 Å². The van der Waals surface area contributed by atoms with E-state index in [4.69, 9.17) is 10.5 Å². The molecule has 2 aliphatic heterocycles. The Morgan fingerprint density at radius 1 is 1.47 bits per heavy atom. The molecular weight excluding hydrogens is 474 g/mol. The molecule has 163 valence electrons. The van der Waals surface area contributed by atoms with E-state index in [9.17, 15) is 13.2 Å². The van der Waals surface area contributed by atoms with Gasteiger partial charge in [0.2, 0.25) is 0 Å². The Morgan fingerprint density at radius 2 is 2.17 bits per heavy atom. The quantitative estimate of drug-likeness (QED) is 0.477. The summed E-state index contributed by atoms with van der Waals surface area (Å²) in [6.07, 6.45) is 0.0100. The third-order valence-electron chi connectivity index (χ3n) is 5.87. The summed E-state index contributed by atoms with van der Waals surface area (Å²) in [5.41, 5.74) is 8.90. The Bertz CT molecular complexity index is 818. The molecule has 0 aliphatic carbocycles. The fraction of sp³-hybridized carbons (Fsp3) is 0.632. The van der Waals surface area contributed by atoms with Gasteiger partial charge < -0.3 is 20.9 Å². The number of amidine groups is 1. The van der Waals surface area contributed by atoms with Crippen LogP contribution in [0.5, 0.6) is 0 Å². The molecular formula is C19H26F3N6OY-. The van der Waals surface area contributed by atoms with Crippen LogP contribution in [0, 0.1) is 5.92 Å². The van der Waals surface area contributed by atoms with Gasteiger partial charge in [-0.25, -0.2) is 4.99 Å². The Morgan fingerprint density at radius 3 is 2.77 bits per heavy atom. The number of halogens is 3. The number of hydrogen-bond donors (Lipinski definition) is 1. The second-order valence-corrected chi connectivity index (χ2v) is 7.80. The largest absolute Gasteiger partial charge is 0.441 e. The number of nitrogens with zero attached hydrogens (tertiary/aromatic N) is 5. The molecule has 1 aromatic heterocycles. The summed E-state index contributed by atoms with van der Waals surface area (Å²) in [6.45, 7) is 4.19. The van der Waals surface area contributed by atoms with Crippen LogP contribution in [0.15, 0.2) is 22.2 Å². The number of rotatable bonds is 6. The van der Waals surface area contributed by atoms with E-state index in [0.717, 1.165) is 31.8 Å². The van der Waals surface area contributed by atoms with E-state index in [0.29, 0.717) is 5.92 Å². The van der Waals surface area contributed by atoms with E-state index < -0.39 is 11.7 Å². The summed E-state index contributed by atoms with van der Waals surface area (Å²) in [6, 6.07) is 1.45. The Hall–Kier alpha value is -1.10. The number of aromatic nitrogens is 1. The summed E-state index contributed by atoms with van der Waals surface area (Å²) < 4.78 is 45.8. The van der Waals surface area contributed by atoms with Gasteiger partial charge in [0.05, 0.1) is 17.2 Å². The summed E-state index contributed by atoms with van der Waals surface area (Å²) >= 11 is 0. The summed E-state index contributed by atoms with van der Waals surface area (Å²) in [4.78, 5) is 11.3. The van der Waals surface area contributed by atoms with Crippen molar-refractivity contribution in [1.29, 1.82) is 0 Å². The van der Waals surface area contributed by atoms with Crippen LogP contribution in [0.3, 0.4) is 0 Å². The number of hydrogen-bond acceptors (Lipinski definition) is 4. The third kappa shape index (κ3) is 4.71. The van der Waals surface area contributed by atoms with Crippen molar-refractivity contribution in [2.24, 2.45) is 21.6 Å². The first-order chi connectivity index (χ1) is 13.6. The van der Waals surface area contributed by atoms with Crippen LogP contribution in [0.2, 0.25) is 0 Å². The van der Waals surface area contributed by atoms with Crippen molar-refractivity contribution in [1.82, 2.24) is 9.99 Å². The number of nitrogens with two attached hydrogens (primary N) is 1. The standard InChI is InChI=1S/C19H26F3N6O.Y/c1-11-5-13-8-18(7-11,12(2)29-4)28(13)27-16-6-14(17(23)26-10-24-3)15(9-25-16)19(20,21)22;/h6,9-13H,5,7-8H2,1-4H3,(H2-,23,24,25,26,27);/q-1;/t11-,12?,13-,18+;/m1./s1. The molecule has 0 amide bonds. The van der Waals surface area contributed by atoms with Gasteiger partial charge in [-0.15, -0.1) is 0 Å². The predicted octanol–water partition coefficient (Wildman–Crippen LogP) is 3.66. The fourth-order valence-corrected chi connectivity index (χ4v) is 4.51.